The molecule has 1 aliphatic heterocycles. The van der Waals surface area contributed by atoms with E-state index in [4.69, 9.17) is 0 Å². The Morgan fingerprint density at radius 1 is 1.27 bits per heavy atom. The summed E-state index contributed by atoms with van der Waals surface area (Å²) < 4.78 is 13.0. The van der Waals surface area contributed by atoms with Crippen molar-refractivity contribution in [2.24, 2.45) is 10.2 Å². The zero-order valence-corrected chi connectivity index (χ0v) is 14.2. The van der Waals surface area contributed by atoms with Crippen LogP contribution in [0, 0.1) is 15.9 Å². The van der Waals surface area contributed by atoms with Gasteiger partial charge >= 0.3 is 0 Å². The number of benzene rings is 2. The van der Waals surface area contributed by atoms with Gasteiger partial charge in [0.05, 0.1) is 23.4 Å². The molecule has 0 atom stereocenters. The highest BCUT2D eigenvalue weighted by Gasteiger charge is 2.28. The van der Waals surface area contributed by atoms with E-state index in [-0.39, 0.29) is 29.7 Å². The minimum absolute atomic E-state index is 0.0371. The maximum Gasteiger partial charge on any atom is 0.270 e. The lowest BCUT2D eigenvalue weighted by molar-refractivity contribution is -0.384. The van der Waals surface area contributed by atoms with Crippen LogP contribution in [-0.4, -0.2) is 32.9 Å². The number of hydrogen-bond donors (Lipinski definition) is 0. The van der Waals surface area contributed by atoms with Gasteiger partial charge in [-0.1, -0.05) is 36.0 Å². The Balaban J connectivity index is 1.74. The van der Waals surface area contributed by atoms with Gasteiger partial charge in [0, 0.05) is 17.7 Å². The predicted octanol–water partition coefficient (Wildman–Crippen LogP) is 3.20. The van der Waals surface area contributed by atoms with E-state index in [9.17, 15) is 19.3 Å². The molecule has 1 heterocycles. The Kier molecular flexibility index (Phi) is 5.37. The number of carbonyl (C=O) groups excluding carboxylic acids is 1. The van der Waals surface area contributed by atoms with Gasteiger partial charge < -0.3 is 0 Å². The molecule has 0 radical (unpaired) electrons. The second-order valence-corrected chi connectivity index (χ2v) is 6.32. The van der Waals surface area contributed by atoms with E-state index in [1.54, 1.807) is 24.3 Å². The molecular formula is C17H13FN4O3S. The molecule has 1 fully saturated rings. The zero-order chi connectivity index (χ0) is 18.5. The number of hydrogen-bond acceptors (Lipinski definition) is 6. The highest BCUT2D eigenvalue weighted by Crippen LogP contribution is 2.22. The number of non-ortho nitro benzene ring substituents is 1. The molecule has 26 heavy (non-hydrogen) atoms. The Morgan fingerprint density at radius 2 is 2.04 bits per heavy atom. The van der Waals surface area contributed by atoms with Gasteiger partial charge in [-0.05, 0) is 17.7 Å². The maximum atomic E-state index is 13.0. The van der Waals surface area contributed by atoms with Gasteiger partial charge in [-0.3, -0.25) is 19.8 Å². The van der Waals surface area contributed by atoms with Gasteiger partial charge in [0.25, 0.3) is 5.69 Å². The number of carbonyl (C=O) groups is 1. The van der Waals surface area contributed by atoms with Crippen molar-refractivity contribution in [1.29, 1.82) is 0 Å². The largest absolute Gasteiger partial charge is 0.285 e. The lowest BCUT2D eigenvalue weighted by atomic mass is 10.2. The van der Waals surface area contributed by atoms with E-state index in [1.807, 2.05) is 0 Å². The van der Waals surface area contributed by atoms with Crippen molar-refractivity contribution in [3.05, 3.63) is 75.6 Å². The summed E-state index contributed by atoms with van der Waals surface area (Å²) in [5.74, 6) is -0.193. The molecule has 0 spiro atoms. The first-order chi connectivity index (χ1) is 12.5. The standard InChI is InChI=1S/C17H13FN4O3S/c18-14-6-4-12(5-7-14)10-21-16(23)11-26-17(21)20-19-9-13-2-1-3-15(8-13)22(24)25/h1-9H,10-11H2/b19-9-,20-17+. The van der Waals surface area contributed by atoms with Gasteiger partial charge in [-0.15, -0.1) is 5.10 Å². The molecule has 0 unspecified atom stereocenters. The van der Waals surface area contributed by atoms with E-state index in [1.165, 1.54) is 47.1 Å². The van der Waals surface area contributed by atoms with Crippen molar-refractivity contribution in [2.75, 3.05) is 5.75 Å². The van der Waals surface area contributed by atoms with Crippen molar-refractivity contribution < 1.29 is 14.1 Å². The van der Waals surface area contributed by atoms with Crippen molar-refractivity contribution in [2.45, 2.75) is 6.54 Å². The fraction of sp³-hybridized carbons (Fsp3) is 0.118. The molecule has 0 aromatic heterocycles. The van der Waals surface area contributed by atoms with Crippen LogP contribution in [0.15, 0.2) is 58.7 Å². The van der Waals surface area contributed by atoms with E-state index < -0.39 is 4.92 Å². The van der Waals surface area contributed by atoms with Gasteiger partial charge in [0.2, 0.25) is 5.91 Å². The molecule has 2 aromatic rings. The van der Waals surface area contributed by atoms with E-state index in [0.717, 1.165) is 5.56 Å². The highest BCUT2D eigenvalue weighted by molar-refractivity contribution is 8.15. The lowest BCUT2D eigenvalue weighted by Crippen LogP contribution is -2.28. The summed E-state index contributed by atoms with van der Waals surface area (Å²) in [5, 5.41) is 19.2. The molecular weight excluding hydrogens is 359 g/mol. The lowest BCUT2D eigenvalue weighted by Gasteiger charge is -2.15. The minimum Gasteiger partial charge on any atom is -0.285 e. The third kappa shape index (κ3) is 4.31. The SMILES string of the molecule is O=C1CS/C(=N/N=C\c2cccc([N+](=O)[O-])c2)N1Cc1ccc(F)cc1. The van der Waals surface area contributed by atoms with Crippen molar-refractivity contribution in [1.82, 2.24) is 4.90 Å². The Labute approximate surface area is 152 Å². The van der Waals surface area contributed by atoms with Crippen LogP contribution in [-0.2, 0) is 11.3 Å². The Bertz CT molecular complexity index is 899. The van der Waals surface area contributed by atoms with Crippen molar-refractivity contribution >= 4 is 34.7 Å². The summed E-state index contributed by atoms with van der Waals surface area (Å²) in [7, 11) is 0. The average Bonchev–Trinajstić information content (AvgIpc) is 2.97. The summed E-state index contributed by atoms with van der Waals surface area (Å²) in [6.07, 6.45) is 1.39. The monoisotopic (exact) mass is 372 g/mol. The fourth-order valence-corrected chi connectivity index (χ4v) is 3.10. The maximum absolute atomic E-state index is 13.0. The molecule has 3 rings (SSSR count). The zero-order valence-electron chi connectivity index (χ0n) is 13.4. The summed E-state index contributed by atoms with van der Waals surface area (Å²) in [5.41, 5.74) is 1.27. The van der Waals surface area contributed by atoms with Crippen LogP contribution in [0.4, 0.5) is 10.1 Å². The Hall–Kier alpha value is -3.07. The van der Waals surface area contributed by atoms with Crippen LogP contribution in [0.3, 0.4) is 0 Å². The third-order valence-electron chi connectivity index (χ3n) is 3.54. The molecule has 2 aromatic carbocycles. The first-order valence-electron chi connectivity index (χ1n) is 7.56. The first kappa shape index (κ1) is 17.7. The molecule has 132 valence electrons. The number of amidine groups is 1. The molecule has 0 bridgehead atoms. The van der Waals surface area contributed by atoms with Crippen molar-refractivity contribution in [3.8, 4) is 0 Å². The number of halogens is 1. The van der Waals surface area contributed by atoms with Crippen LogP contribution in [0.2, 0.25) is 0 Å². The topological polar surface area (TPSA) is 88.2 Å². The molecule has 0 aliphatic carbocycles. The molecule has 1 aliphatic rings. The summed E-state index contributed by atoms with van der Waals surface area (Å²) >= 11 is 1.25. The second kappa shape index (κ2) is 7.87. The second-order valence-electron chi connectivity index (χ2n) is 5.37. The number of nitrogens with zero attached hydrogens (tertiary/aromatic N) is 4. The molecule has 1 saturated heterocycles. The quantitative estimate of drug-likeness (QED) is 0.458. The molecule has 7 nitrogen and oxygen atoms in total. The van der Waals surface area contributed by atoms with Crippen LogP contribution in [0.25, 0.3) is 0 Å². The van der Waals surface area contributed by atoms with Gasteiger partial charge in [0.1, 0.15) is 5.82 Å². The number of nitro groups is 1. The average molecular weight is 372 g/mol. The summed E-state index contributed by atoms with van der Waals surface area (Å²) in [4.78, 5) is 23.8. The highest BCUT2D eigenvalue weighted by atomic mass is 32.2. The Morgan fingerprint density at radius 3 is 2.77 bits per heavy atom. The molecule has 0 N–H and O–H groups in total. The van der Waals surface area contributed by atoms with Crippen LogP contribution in [0.1, 0.15) is 11.1 Å². The summed E-state index contributed by atoms with van der Waals surface area (Å²) in [6, 6.07) is 11.9. The van der Waals surface area contributed by atoms with E-state index in [0.29, 0.717) is 10.7 Å². The van der Waals surface area contributed by atoms with E-state index >= 15 is 0 Å². The smallest absolute Gasteiger partial charge is 0.270 e. The fourth-order valence-electron chi connectivity index (χ4n) is 2.26. The number of nitro benzene ring substituents is 1. The van der Waals surface area contributed by atoms with Crippen LogP contribution < -0.4 is 0 Å². The number of amides is 1. The molecule has 9 heteroatoms. The van der Waals surface area contributed by atoms with Crippen molar-refractivity contribution in [3.63, 3.8) is 0 Å². The normalized spacial score (nSPS) is 16.0. The van der Waals surface area contributed by atoms with Gasteiger partial charge in [-0.25, -0.2) is 4.39 Å². The van der Waals surface area contributed by atoms with Crippen LogP contribution >= 0.6 is 11.8 Å². The summed E-state index contributed by atoms with van der Waals surface area (Å²) in [6.45, 7) is 0.275. The van der Waals surface area contributed by atoms with Crippen LogP contribution in [0.5, 0.6) is 0 Å². The van der Waals surface area contributed by atoms with Gasteiger partial charge in [-0.2, -0.15) is 5.10 Å². The number of rotatable bonds is 5. The first-order valence-corrected chi connectivity index (χ1v) is 8.54. The molecule has 0 saturated carbocycles. The minimum atomic E-state index is -0.487. The van der Waals surface area contributed by atoms with E-state index in [2.05, 4.69) is 10.2 Å². The number of thioether (sulfide) groups is 1. The third-order valence-corrected chi connectivity index (χ3v) is 4.49. The van der Waals surface area contributed by atoms with Gasteiger partial charge in [0.15, 0.2) is 5.17 Å². The molecule has 1 amide bonds. The predicted molar refractivity (Wildman–Crippen MR) is 97.5 cm³/mol.